The average Bonchev–Trinajstić information content (AvgIpc) is 3.31. The number of anilines is 1. The van der Waals surface area contributed by atoms with Gasteiger partial charge in [0.05, 0.1) is 6.57 Å². The molecule has 2 aromatic carbocycles. The summed E-state index contributed by atoms with van der Waals surface area (Å²) in [6, 6.07) is 13.6. The zero-order valence-electron chi connectivity index (χ0n) is 19.9. The smallest absolute Gasteiger partial charge is 0.291 e. The summed E-state index contributed by atoms with van der Waals surface area (Å²) in [4.78, 5) is 23.6. The Morgan fingerprint density at radius 3 is 2.44 bits per heavy atom. The molecule has 1 aliphatic rings. The van der Waals surface area contributed by atoms with E-state index in [9.17, 15) is 13.6 Å². The third-order valence-corrected chi connectivity index (χ3v) is 6.86. The van der Waals surface area contributed by atoms with Gasteiger partial charge in [-0.15, -0.1) is 0 Å². The molecule has 1 N–H and O–H groups in total. The fraction of sp³-hybridized carbons (Fsp3) is 0.286. The molecule has 0 radical (unpaired) electrons. The summed E-state index contributed by atoms with van der Waals surface area (Å²) in [6.07, 6.45) is 6.26. The quantitative estimate of drug-likeness (QED) is 0.285. The molecule has 0 amide bonds. The molecule has 2 aromatic heterocycles. The maximum atomic E-state index is 13.6. The van der Waals surface area contributed by atoms with Crippen LogP contribution in [-0.4, -0.2) is 47.2 Å². The number of fused-ring (bicyclic) bond motifs is 1. The van der Waals surface area contributed by atoms with Crippen molar-refractivity contribution >= 4 is 22.3 Å². The van der Waals surface area contributed by atoms with Crippen LogP contribution >= 0.6 is 0 Å². The maximum absolute atomic E-state index is 13.6. The minimum Gasteiger partial charge on any atom is -0.369 e. The van der Waals surface area contributed by atoms with E-state index in [2.05, 4.69) is 25.8 Å². The first-order valence-corrected chi connectivity index (χ1v) is 12.1. The van der Waals surface area contributed by atoms with Gasteiger partial charge in [0.2, 0.25) is 0 Å². The molecule has 4 aromatic rings. The number of nitrogens with zero attached hydrogens (tertiary/aromatic N) is 4. The lowest BCUT2D eigenvalue weighted by Crippen LogP contribution is -2.46. The van der Waals surface area contributed by atoms with Gasteiger partial charge in [0, 0.05) is 61.5 Å². The van der Waals surface area contributed by atoms with Crippen LogP contribution in [0, 0.1) is 18.2 Å². The first kappa shape index (κ1) is 23.8. The van der Waals surface area contributed by atoms with Crippen LogP contribution in [0.5, 0.6) is 0 Å². The third-order valence-electron chi connectivity index (χ3n) is 6.86. The normalized spacial score (nSPS) is 14.3. The van der Waals surface area contributed by atoms with Crippen LogP contribution in [0.1, 0.15) is 18.4 Å². The number of aromatic amines is 1. The van der Waals surface area contributed by atoms with Gasteiger partial charge in [-0.1, -0.05) is 6.07 Å². The van der Waals surface area contributed by atoms with Gasteiger partial charge < -0.3 is 9.88 Å². The van der Waals surface area contributed by atoms with E-state index < -0.39 is 17.2 Å². The summed E-state index contributed by atoms with van der Waals surface area (Å²) in [7, 11) is 0. The van der Waals surface area contributed by atoms with E-state index in [1.807, 2.05) is 30.3 Å². The molecule has 3 heterocycles. The Kier molecular flexibility index (Phi) is 6.83. The van der Waals surface area contributed by atoms with Crippen LogP contribution in [0.25, 0.3) is 21.4 Å². The van der Waals surface area contributed by atoms with Crippen molar-refractivity contribution in [2.45, 2.75) is 19.3 Å². The average molecular weight is 488 g/mol. The lowest BCUT2D eigenvalue weighted by molar-refractivity contribution is 0.253. The second kappa shape index (κ2) is 10.3. The van der Waals surface area contributed by atoms with Crippen molar-refractivity contribution in [1.82, 2.24) is 14.5 Å². The van der Waals surface area contributed by atoms with E-state index in [1.54, 1.807) is 12.1 Å². The van der Waals surface area contributed by atoms with E-state index in [0.717, 1.165) is 79.3 Å². The molecular formula is C28H27F2N5O. The van der Waals surface area contributed by atoms with Gasteiger partial charge in [-0.25, -0.2) is 13.6 Å². The van der Waals surface area contributed by atoms with E-state index >= 15 is 0 Å². The monoisotopic (exact) mass is 487 g/mol. The molecule has 5 rings (SSSR count). The Morgan fingerprint density at radius 2 is 1.69 bits per heavy atom. The number of benzene rings is 2. The van der Waals surface area contributed by atoms with Crippen molar-refractivity contribution in [2.24, 2.45) is 0 Å². The van der Waals surface area contributed by atoms with Crippen molar-refractivity contribution in [1.29, 1.82) is 0 Å². The predicted molar refractivity (Wildman–Crippen MR) is 138 cm³/mol. The molecule has 1 saturated heterocycles. The van der Waals surface area contributed by atoms with Crippen LogP contribution in [0.15, 0.2) is 65.7 Å². The van der Waals surface area contributed by atoms with Gasteiger partial charge in [-0.3, -0.25) is 14.3 Å². The van der Waals surface area contributed by atoms with Crippen LogP contribution in [-0.2, 0) is 6.42 Å². The summed E-state index contributed by atoms with van der Waals surface area (Å²) in [5.74, 6) is -1.89. The Hall–Kier alpha value is -3.96. The highest BCUT2D eigenvalue weighted by Crippen LogP contribution is 2.25. The molecule has 6 nitrogen and oxygen atoms in total. The van der Waals surface area contributed by atoms with Gasteiger partial charge in [-0.05, 0) is 73.2 Å². The number of rotatable bonds is 7. The molecule has 1 aliphatic heterocycles. The van der Waals surface area contributed by atoms with Crippen molar-refractivity contribution in [2.75, 3.05) is 37.6 Å². The number of nitrogens with one attached hydrogen (secondary N) is 1. The number of hydrogen-bond donors (Lipinski definition) is 1. The van der Waals surface area contributed by atoms with Crippen molar-refractivity contribution in [3.63, 3.8) is 0 Å². The molecule has 0 aliphatic carbocycles. The van der Waals surface area contributed by atoms with Crippen molar-refractivity contribution in [3.8, 4) is 5.69 Å². The lowest BCUT2D eigenvalue weighted by atomic mass is 10.1. The molecule has 0 unspecified atom stereocenters. The summed E-state index contributed by atoms with van der Waals surface area (Å²) in [6.45, 7) is 12.0. The second-order valence-electron chi connectivity index (χ2n) is 9.14. The van der Waals surface area contributed by atoms with Gasteiger partial charge in [0.15, 0.2) is 11.5 Å². The molecule has 0 atom stereocenters. The van der Waals surface area contributed by atoms with Gasteiger partial charge >= 0.3 is 0 Å². The zero-order valence-corrected chi connectivity index (χ0v) is 19.9. The Balaban J connectivity index is 1.10. The van der Waals surface area contributed by atoms with Crippen LogP contribution in [0.2, 0.25) is 0 Å². The highest BCUT2D eigenvalue weighted by molar-refractivity contribution is 5.86. The van der Waals surface area contributed by atoms with E-state index in [1.165, 1.54) is 5.56 Å². The molecule has 0 saturated carbocycles. The lowest BCUT2D eigenvalue weighted by Gasteiger charge is -2.36. The van der Waals surface area contributed by atoms with Gasteiger partial charge in [0.1, 0.15) is 5.82 Å². The maximum Gasteiger partial charge on any atom is 0.291 e. The summed E-state index contributed by atoms with van der Waals surface area (Å²) < 4.78 is 28.1. The molecule has 1 fully saturated rings. The SMILES string of the molecule is [C-]#[N+]c1ccc2[nH]cc(CCCCN3CCN(c4ccc(-n5cc(F)cc(F)c5=O)cc4)CC3)c2c1. The van der Waals surface area contributed by atoms with Gasteiger partial charge in [0.25, 0.3) is 5.56 Å². The highest BCUT2D eigenvalue weighted by Gasteiger charge is 2.17. The summed E-state index contributed by atoms with van der Waals surface area (Å²) in [5, 5.41) is 1.15. The minimum atomic E-state index is -1.11. The number of pyridine rings is 1. The van der Waals surface area contributed by atoms with E-state index in [0.29, 0.717) is 17.4 Å². The molecule has 0 spiro atoms. The van der Waals surface area contributed by atoms with Crippen molar-refractivity contribution < 1.29 is 8.78 Å². The van der Waals surface area contributed by atoms with E-state index in [-0.39, 0.29) is 0 Å². The topological polar surface area (TPSA) is 48.6 Å². The zero-order chi connectivity index (χ0) is 25.1. The first-order chi connectivity index (χ1) is 17.5. The Labute approximate surface area is 208 Å². The highest BCUT2D eigenvalue weighted by atomic mass is 19.1. The second-order valence-corrected chi connectivity index (χ2v) is 9.14. The molecular weight excluding hydrogens is 460 g/mol. The molecule has 36 heavy (non-hydrogen) atoms. The fourth-order valence-corrected chi connectivity index (χ4v) is 4.86. The Morgan fingerprint density at radius 1 is 0.944 bits per heavy atom. The Bertz CT molecular complexity index is 1460. The fourth-order valence-electron chi connectivity index (χ4n) is 4.86. The van der Waals surface area contributed by atoms with Gasteiger partial charge in [-0.2, -0.15) is 0 Å². The van der Waals surface area contributed by atoms with E-state index in [4.69, 9.17) is 6.57 Å². The number of hydrogen-bond acceptors (Lipinski definition) is 3. The third kappa shape index (κ3) is 5.02. The summed E-state index contributed by atoms with van der Waals surface area (Å²) in [5.41, 5.74) is 3.62. The standard InChI is InChI=1S/C28H27F2N5O/c1-31-22-5-10-27-25(17-22)20(18-32-27)4-2-3-11-33-12-14-34(15-13-33)23-6-8-24(9-7-23)35-19-21(29)16-26(30)28(35)36/h5-10,16-19,32H,2-4,11-15H2. The summed E-state index contributed by atoms with van der Waals surface area (Å²) >= 11 is 0. The first-order valence-electron chi connectivity index (χ1n) is 12.1. The minimum absolute atomic E-state index is 0.432. The molecule has 184 valence electrons. The van der Waals surface area contributed by atoms with Crippen LogP contribution < -0.4 is 10.5 Å². The van der Waals surface area contributed by atoms with Crippen LogP contribution in [0.4, 0.5) is 20.2 Å². The molecule has 0 bridgehead atoms. The predicted octanol–water partition coefficient (Wildman–Crippen LogP) is 5.29. The number of aryl methyl sites for hydroxylation is 1. The largest absolute Gasteiger partial charge is 0.369 e. The van der Waals surface area contributed by atoms with Crippen molar-refractivity contribution in [3.05, 3.63) is 99.9 Å². The number of H-pyrrole nitrogens is 1. The number of halogens is 2. The number of piperazine rings is 1. The van der Waals surface area contributed by atoms with Crippen LogP contribution in [0.3, 0.4) is 0 Å². The molecule has 8 heteroatoms. The number of aromatic nitrogens is 2. The number of unbranched alkanes of at least 4 members (excludes halogenated alkanes) is 1.